The predicted molar refractivity (Wildman–Crippen MR) is 126 cm³/mol. The van der Waals surface area contributed by atoms with Crippen molar-refractivity contribution in [2.75, 3.05) is 24.7 Å². The molecule has 0 aromatic heterocycles. The van der Waals surface area contributed by atoms with Gasteiger partial charge in [-0.2, -0.15) is 0 Å². The molecule has 3 fully saturated rings. The molecular formula is C25H31ClN2O6. The molecular weight excluding hydrogens is 460 g/mol. The van der Waals surface area contributed by atoms with E-state index in [4.69, 9.17) is 21.1 Å². The first-order chi connectivity index (χ1) is 16.3. The van der Waals surface area contributed by atoms with Crippen molar-refractivity contribution in [3.8, 4) is 0 Å². The van der Waals surface area contributed by atoms with Gasteiger partial charge in [0.25, 0.3) is 5.91 Å². The molecule has 2 bridgehead atoms. The van der Waals surface area contributed by atoms with Gasteiger partial charge in [-0.25, -0.2) is 0 Å². The fourth-order valence-electron chi connectivity index (χ4n) is 5.90. The highest BCUT2D eigenvalue weighted by Crippen LogP contribution is 2.59. The summed E-state index contributed by atoms with van der Waals surface area (Å²) in [5.74, 6) is -2.74. The molecule has 8 nitrogen and oxygen atoms in total. The molecule has 3 aliphatic heterocycles. The van der Waals surface area contributed by atoms with Crippen molar-refractivity contribution in [3.05, 3.63) is 41.9 Å². The van der Waals surface area contributed by atoms with Crippen LogP contribution < -0.4 is 4.90 Å². The molecule has 3 saturated heterocycles. The summed E-state index contributed by atoms with van der Waals surface area (Å²) >= 11 is 6.05. The lowest BCUT2D eigenvalue weighted by Crippen LogP contribution is -2.59. The summed E-state index contributed by atoms with van der Waals surface area (Å²) in [6.07, 6.45) is 2.62. The topological polar surface area (TPSA) is 96.4 Å². The van der Waals surface area contributed by atoms with E-state index >= 15 is 0 Å². The Bertz CT molecular complexity index is 965. The number of carbonyl (C=O) groups is 3. The molecule has 0 radical (unpaired) electrons. The fraction of sp³-hybridized carbons (Fsp3) is 0.560. The van der Waals surface area contributed by atoms with Crippen LogP contribution in [-0.4, -0.2) is 71.3 Å². The highest BCUT2D eigenvalue weighted by atomic mass is 35.5. The van der Waals surface area contributed by atoms with E-state index in [0.717, 1.165) is 0 Å². The van der Waals surface area contributed by atoms with Crippen LogP contribution in [-0.2, 0) is 23.9 Å². The van der Waals surface area contributed by atoms with Crippen LogP contribution in [0, 0.1) is 11.8 Å². The third kappa shape index (κ3) is 3.72. The van der Waals surface area contributed by atoms with Crippen molar-refractivity contribution in [3.63, 3.8) is 0 Å². The third-order valence-electron chi connectivity index (χ3n) is 7.32. The van der Waals surface area contributed by atoms with E-state index in [9.17, 15) is 19.5 Å². The van der Waals surface area contributed by atoms with Gasteiger partial charge < -0.3 is 24.4 Å². The number of halogens is 1. The van der Waals surface area contributed by atoms with Crippen molar-refractivity contribution < 1.29 is 29.0 Å². The lowest BCUT2D eigenvalue weighted by molar-refractivity contribution is -0.155. The second kappa shape index (κ2) is 9.68. The summed E-state index contributed by atoms with van der Waals surface area (Å²) in [6.45, 7) is 7.46. The smallest absolute Gasteiger partial charge is 0.312 e. The Hall–Kier alpha value is -2.42. The third-order valence-corrected chi connectivity index (χ3v) is 7.57. The Morgan fingerprint density at radius 3 is 2.68 bits per heavy atom. The van der Waals surface area contributed by atoms with Gasteiger partial charge in [0.2, 0.25) is 5.91 Å². The maximum Gasteiger partial charge on any atom is 0.312 e. The zero-order valence-electron chi connectivity index (χ0n) is 19.5. The summed E-state index contributed by atoms with van der Waals surface area (Å²) in [4.78, 5) is 43.9. The van der Waals surface area contributed by atoms with E-state index in [1.807, 2.05) is 6.92 Å². The van der Waals surface area contributed by atoms with Crippen LogP contribution in [0.4, 0.5) is 5.69 Å². The molecule has 34 heavy (non-hydrogen) atoms. The number of aliphatic hydroxyl groups is 1. The molecule has 1 N–H and O–H groups in total. The molecule has 2 amide bonds. The first-order valence-electron chi connectivity index (χ1n) is 11.8. The number of hydrogen-bond donors (Lipinski definition) is 1. The molecule has 3 aliphatic rings. The first-order valence-corrected chi connectivity index (χ1v) is 12.2. The largest absolute Gasteiger partial charge is 0.466 e. The van der Waals surface area contributed by atoms with Gasteiger partial charge in [-0.1, -0.05) is 24.6 Å². The highest BCUT2D eigenvalue weighted by molar-refractivity contribution is 6.30. The maximum absolute atomic E-state index is 14.2. The summed E-state index contributed by atoms with van der Waals surface area (Å²) in [6, 6.07) is 5.28. The van der Waals surface area contributed by atoms with Crippen molar-refractivity contribution in [2.24, 2.45) is 11.8 Å². The summed E-state index contributed by atoms with van der Waals surface area (Å²) < 4.78 is 11.7. The lowest BCUT2D eigenvalue weighted by Gasteiger charge is -2.39. The second-order valence-electron chi connectivity index (χ2n) is 9.01. The van der Waals surface area contributed by atoms with Crippen molar-refractivity contribution in [1.82, 2.24) is 4.90 Å². The predicted octanol–water partition coefficient (Wildman–Crippen LogP) is 2.57. The van der Waals surface area contributed by atoms with Crippen LogP contribution >= 0.6 is 11.6 Å². The van der Waals surface area contributed by atoms with Crippen molar-refractivity contribution >= 4 is 35.1 Å². The van der Waals surface area contributed by atoms with E-state index in [-0.39, 0.29) is 31.6 Å². The number of benzene rings is 1. The van der Waals surface area contributed by atoms with Crippen LogP contribution in [0.5, 0.6) is 0 Å². The molecule has 6 atom stereocenters. The van der Waals surface area contributed by atoms with Crippen molar-refractivity contribution in [1.29, 1.82) is 0 Å². The number of nitrogens with zero attached hydrogens (tertiary/aromatic N) is 2. The molecule has 9 heteroatoms. The Morgan fingerprint density at radius 1 is 1.38 bits per heavy atom. The lowest BCUT2D eigenvalue weighted by atomic mass is 9.70. The Morgan fingerprint density at radius 2 is 2.09 bits per heavy atom. The number of ether oxygens (including phenoxy) is 2. The maximum atomic E-state index is 14.2. The minimum atomic E-state index is -1.15. The minimum Gasteiger partial charge on any atom is -0.466 e. The van der Waals surface area contributed by atoms with Crippen LogP contribution in [0.2, 0.25) is 5.02 Å². The molecule has 1 spiro atoms. The molecule has 0 aliphatic carbocycles. The first kappa shape index (κ1) is 24.7. The molecule has 0 saturated carbocycles. The summed E-state index contributed by atoms with van der Waals surface area (Å²) in [5.41, 5.74) is -0.543. The van der Waals surface area contributed by atoms with Crippen molar-refractivity contribution in [2.45, 2.75) is 56.9 Å². The van der Waals surface area contributed by atoms with E-state index in [1.54, 1.807) is 42.2 Å². The molecule has 3 heterocycles. The summed E-state index contributed by atoms with van der Waals surface area (Å²) in [7, 11) is 0. The standard InChI is InChI=1S/C25H31ClN2O6/c1-4-13-27(17-9-7-15(26)8-10-17)23(31)21-25-12-11-18(34-25)19(24(32)33-6-3)20(25)22(30)28(21)16(5-2)14-29/h4,7-10,16,18-21,29H,1,5-6,11-14H2,2-3H3/t16-,18+,19-,20-,21?,25?/m0/s1. The van der Waals surface area contributed by atoms with Gasteiger partial charge in [0.1, 0.15) is 11.6 Å². The number of rotatable bonds is 9. The minimum absolute atomic E-state index is 0.194. The Balaban J connectivity index is 1.80. The molecule has 184 valence electrons. The average Bonchev–Trinajstić information content (AvgIpc) is 3.47. The SMILES string of the molecule is C=CCN(C(=O)C1N([C@@H](CC)CO)C(=O)[C@@H]2[C@@H](C(=O)OCC)[C@H]3CCC12O3)c1ccc(Cl)cc1. The van der Waals surface area contributed by atoms with E-state index in [0.29, 0.717) is 30.0 Å². The monoisotopic (exact) mass is 490 g/mol. The average molecular weight is 491 g/mol. The number of likely N-dealkylation sites (tertiary alicyclic amines) is 1. The van der Waals surface area contributed by atoms with Gasteiger partial charge in [-0.15, -0.1) is 6.58 Å². The summed E-state index contributed by atoms with van der Waals surface area (Å²) in [5, 5.41) is 10.6. The zero-order valence-corrected chi connectivity index (χ0v) is 20.2. The zero-order chi connectivity index (χ0) is 24.6. The number of amides is 2. The quantitative estimate of drug-likeness (QED) is 0.422. The number of fused-ring (bicyclic) bond motifs is 1. The van der Waals surface area contributed by atoms with Crippen LogP contribution in [0.25, 0.3) is 0 Å². The number of aliphatic hydroxyl groups excluding tert-OH is 1. The number of hydrogen-bond acceptors (Lipinski definition) is 6. The number of anilines is 1. The van der Waals surface area contributed by atoms with Gasteiger partial charge >= 0.3 is 5.97 Å². The van der Waals surface area contributed by atoms with Gasteiger partial charge in [-0.3, -0.25) is 14.4 Å². The second-order valence-corrected chi connectivity index (χ2v) is 9.45. The van der Waals surface area contributed by atoms with E-state index in [1.165, 1.54) is 4.90 Å². The number of carbonyl (C=O) groups excluding carboxylic acids is 3. The normalized spacial score (nSPS) is 30.2. The highest BCUT2D eigenvalue weighted by Gasteiger charge is 2.75. The number of esters is 1. The van der Waals surface area contributed by atoms with Gasteiger partial charge in [0.15, 0.2) is 0 Å². The van der Waals surface area contributed by atoms with Gasteiger partial charge in [0.05, 0.1) is 37.2 Å². The van der Waals surface area contributed by atoms with Crippen LogP contribution in [0.15, 0.2) is 36.9 Å². The van der Waals surface area contributed by atoms with E-state index < -0.39 is 41.6 Å². The molecule has 4 rings (SSSR count). The fourth-order valence-corrected chi connectivity index (χ4v) is 6.03. The molecule has 2 unspecified atom stereocenters. The van der Waals surface area contributed by atoms with Crippen LogP contribution in [0.3, 0.4) is 0 Å². The Labute approximate surface area is 204 Å². The molecule has 1 aromatic carbocycles. The van der Waals surface area contributed by atoms with Gasteiger partial charge in [0, 0.05) is 17.3 Å². The van der Waals surface area contributed by atoms with Gasteiger partial charge in [-0.05, 0) is 50.5 Å². The molecule has 1 aromatic rings. The Kier molecular flexibility index (Phi) is 7.03. The van der Waals surface area contributed by atoms with E-state index in [2.05, 4.69) is 6.58 Å². The van der Waals surface area contributed by atoms with Crippen LogP contribution in [0.1, 0.15) is 33.1 Å².